The van der Waals surface area contributed by atoms with Gasteiger partial charge in [0.25, 0.3) is 0 Å². The summed E-state index contributed by atoms with van der Waals surface area (Å²) in [5.74, 6) is 0.274. The highest BCUT2D eigenvalue weighted by Crippen LogP contribution is 2.27. The summed E-state index contributed by atoms with van der Waals surface area (Å²) in [6, 6.07) is 13.2. The maximum absolute atomic E-state index is 12.4. The minimum atomic E-state index is -0.288. The number of anilines is 2. The average molecular weight is 387 g/mol. The summed E-state index contributed by atoms with van der Waals surface area (Å²) in [5.41, 5.74) is 1.61. The molecule has 3 rings (SSSR count). The maximum atomic E-state index is 12.4. The Labute approximate surface area is 159 Å². The molecule has 3 N–H and O–H groups in total. The highest BCUT2D eigenvalue weighted by molar-refractivity contribution is 8.00. The van der Waals surface area contributed by atoms with Crippen LogP contribution in [0.1, 0.15) is 13.8 Å². The fourth-order valence-electron chi connectivity index (χ4n) is 2.25. The van der Waals surface area contributed by atoms with Crippen molar-refractivity contribution in [1.82, 2.24) is 10.2 Å². The van der Waals surface area contributed by atoms with Crippen LogP contribution in [0.5, 0.6) is 0 Å². The summed E-state index contributed by atoms with van der Waals surface area (Å²) >= 11 is 3.05. The van der Waals surface area contributed by atoms with Gasteiger partial charge in [-0.2, -0.15) is 5.10 Å². The molecule has 2 amide bonds. The number of nitrogens with zero attached hydrogens (tertiary/aromatic N) is 1. The second kappa shape index (κ2) is 8.20. The van der Waals surface area contributed by atoms with Crippen LogP contribution in [-0.4, -0.2) is 27.3 Å². The number of thiophene rings is 1. The number of thioether (sulfide) groups is 1. The Morgan fingerprint density at radius 2 is 1.96 bits per heavy atom. The maximum Gasteiger partial charge on any atom is 0.238 e. The van der Waals surface area contributed by atoms with Gasteiger partial charge in [-0.1, -0.05) is 6.07 Å². The van der Waals surface area contributed by atoms with E-state index in [0.29, 0.717) is 5.82 Å². The zero-order valence-corrected chi connectivity index (χ0v) is 15.9. The molecule has 6 nitrogen and oxygen atoms in total. The monoisotopic (exact) mass is 386 g/mol. The zero-order valence-electron chi connectivity index (χ0n) is 14.3. The molecule has 2 aromatic heterocycles. The van der Waals surface area contributed by atoms with Gasteiger partial charge >= 0.3 is 0 Å². The lowest BCUT2D eigenvalue weighted by Crippen LogP contribution is -2.22. The Bertz CT molecular complexity index is 888. The number of nitrogens with one attached hydrogen (secondary N) is 3. The van der Waals surface area contributed by atoms with Gasteiger partial charge in [0.05, 0.1) is 15.8 Å². The third kappa shape index (κ3) is 4.74. The molecule has 1 atom stereocenters. The van der Waals surface area contributed by atoms with Crippen molar-refractivity contribution in [2.75, 3.05) is 10.6 Å². The number of rotatable bonds is 6. The first kappa shape index (κ1) is 18.2. The van der Waals surface area contributed by atoms with Crippen LogP contribution in [0, 0.1) is 0 Å². The summed E-state index contributed by atoms with van der Waals surface area (Å²) in [4.78, 5) is 25.4. The Hall–Kier alpha value is -2.58. The fraction of sp³-hybridized carbons (Fsp3) is 0.167. The molecule has 0 radical (unpaired) electrons. The normalized spacial score (nSPS) is 11.8. The molecule has 0 spiro atoms. The molecule has 3 aromatic rings. The first-order valence-corrected chi connectivity index (χ1v) is 9.71. The van der Waals surface area contributed by atoms with Gasteiger partial charge in [-0.25, -0.2) is 0 Å². The van der Waals surface area contributed by atoms with Crippen molar-refractivity contribution in [3.63, 3.8) is 0 Å². The molecule has 8 heteroatoms. The van der Waals surface area contributed by atoms with Crippen LogP contribution in [0.2, 0.25) is 0 Å². The molecule has 1 unspecified atom stereocenters. The van der Waals surface area contributed by atoms with E-state index in [4.69, 9.17) is 0 Å². The van der Waals surface area contributed by atoms with E-state index in [1.807, 2.05) is 54.8 Å². The molecule has 2 heterocycles. The van der Waals surface area contributed by atoms with Gasteiger partial charge in [-0.3, -0.25) is 14.7 Å². The van der Waals surface area contributed by atoms with E-state index < -0.39 is 0 Å². The SMILES string of the molecule is CC(=O)Nc1ccc(SC(C)C(=O)Nc2cc(-c3cccs3)[nH]n2)cc1. The molecule has 0 aliphatic carbocycles. The van der Waals surface area contributed by atoms with E-state index in [9.17, 15) is 9.59 Å². The lowest BCUT2D eigenvalue weighted by Gasteiger charge is -2.11. The number of hydrogen-bond acceptors (Lipinski definition) is 5. The number of aromatic nitrogens is 2. The van der Waals surface area contributed by atoms with Crippen molar-refractivity contribution >= 4 is 46.4 Å². The van der Waals surface area contributed by atoms with Crippen molar-refractivity contribution < 1.29 is 9.59 Å². The van der Waals surface area contributed by atoms with E-state index in [-0.39, 0.29) is 17.1 Å². The molecule has 134 valence electrons. The molecule has 0 aliphatic rings. The molecule has 0 bridgehead atoms. The third-order valence-electron chi connectivity index (χ3n) is 3.47. The number of amides is 2. The lowest BCUT2D eigenvalue weighted by molar-refractivity contribution is -0.115. The molecule has 1 aromatic carbocycles. The van der Waals surface area contributed by atoms with E-state index in [1.54, 1.807) is 11.3 Å². The van der Waals surface area contributed by atoms with Crippen LogP contribution < -0.4 is 10.6 Å². The number of benzene rings is 1. The molecular formula is C18H18N4O2S2. The molecule has 0 fully saturated rings. The van der Waals surface area contributed by atoms with Crippen LogP contribution in [0.3, 0.4) is 0 Å². The number of hydrogen-bond donors (Lipinski definition) is 3. The zero-order chi connectivity index (χ0) is 18.5. The summed E-state index contributed by atoms with van der Waals surface area (Å²) in [7, 11) is 0. The second-order valence-corrected chi connectivity index (χ2v) is 7.96. The molecule has 0 saturated heterocycles. The summed E-state index contributed by atoms with van der Waals surface area (Å²) in [5, 5.41) is 14.3. The number of carbonyl (C=O) groups excluding carboxylic acids is 2. The van der Waals surface area contributed by atoms with Gasteiger partial charge in [0, 0.05) is 23.6 Å². The van der Waals surface area contributed by atoms with Crippen molar-refractivity contribution in [1.29, 1.82) is 0 Å². The van der Waals surface area contributed by atoms with Crippen LogP contribution in [0.25, 0.3) is 10.6 Å². The van der Waals surface area contributed by atoms with Gasteiger partial charge in [0.15, 0.2) is 5.82 Å². The highest BCUT2D eigenvalue weighted by Gasteiger charge is 2.16. The minimum absolute atomic E-state index is 0.112. The van der Waals surface area contributed by atoms with Crippen molar-refractivity contribution in [2.24, 2.45) is 0 Å². The minimum Gasteiger partial charge on any atom is -0.326 e. The van der Waals surface area contributed by atoms with Gasteiger partial charge in [0.2, 0.25) is 11.8 Å². The Morgan fingerprint density at radius 3 is 2.62 bits per heavy atom. The highest BCUT2D eigenvalue weighted by atomic mass is 32.2. The first-order valence-electron chi connectivity index (χ1n) is 7.96. The molecule has 0 saturated carbocycles. The topological polar surface area (TPSA) is 86.9 Å². The van der Waals surface area contributed by atoms with E-state index in [1.165, 1.54) is 18.7 Å². The molecule has 0 aliphatic heterocycles. The predicted octanol–water partition coefficient (Wildman–Crippen LogP) is 4.22. The fourth-order valence-corrected chi connectivity index (χ4v) is 3.81. The van der Waals surface area contributed by atoms with Crippen LogP contribution in [0.4, 0.5) is 11.5 Å². The van der Waals surface area contributed by atoms with E-state index in [0.717, 1.165) is 21.2 Å². The largest absolute Gasteiger partial charge is 0.326 e. The van der Waals surface area contributed by atoms with Crippen molar-refractivity contribution in [3.8, 4) is 10.6 Å². The Balaban J connectivity index is 1.57. The van der Waals surface area contributed by atoms with Gasteiger partial charge in [-0.15, -0.1) is 23.1 Å². The smallest absolute Gasteiger partial charge is 0.238 e. The standard InChI is InChI=1S/C18H18N4O2S2/c1-11(26-14-7-5-13(6-8-14)19-12(2)23)18(24)20-17-10-15(21-22-17)16-4-3-9-25-16/h3-11H,1-2H3,(H,19,23)(H2,20,21,22,24). The lowest BCUT2D eigenvalue weighted by atomic mass is 10.3. The summed E-state index contributed by atoms with van der Waals surface area (Å²) in [6.45, 7) is 3.31. The van der Waals surface area contributed by atoms with E-state index in [2.05, 4.69) is 20.8 Å². The van der Waals surface area contributed by atoms with Crippen LogP contribution in [-0.2, 0) is 9.59 Å². The molecule has 26 heavy (non-hydrogen) atoms. The quantitative estimate of drug-likeness (QED) is 0.554. The predicted molar refractivity (Wildman–Crippen MR) is 107 cm³/mol. The van der Waals surface area contributed by atoms with Gasteiger partial charge in [0.1, 0.15) is 0 Å². The Morgan fingerprint density at radius 1 is 1.19 bits per heavy atom. The number of aromatic amines is 1. The van der Waals surface area contributed by atoms with Crippen molar-refractivity contribution in [3.05, 3.63) is 47.8 Å². The first-order chi connectivity index (χ1) is 12.5. The number of H-pyrrole nitrogens is 1. The third-order valence-corrected chi connectivity index (χ3v) is 5.49. The molecular weight excluding hydrogens is 368 g/mol. The Kier molecular flexibility index (Phi) is 5.75. The van der Waals surface area contributed by atoms with Gasteiger partial charge in [-0.05, 0) is 42.6 Å². The van der Waals surface area contributed by atoms with Crippen LogP contribution >= 0.6 is 23.1 Å². The van der Waals surface area contributed by atoms with Crippen LogP contribution in [0.15, 0.2) is 52.7 Å². The average Bonchev–Trinajstić information content (AvgIpc) is 3.27. The summed E-state index contributed by atoms with van der Waals surface area (Å²) < 4.78 is 0. The van der Waals surface area contributed by atoms with Gasteiger partial charge < -0.3 is 10.6 Å². The second-order valence-electron chi connectivity index (χ2n) is 5.60. The summed E-state index contributed by atoms with van der Waals surface area (Å²) in [6.07, 6.45) is 0. The van der Waals surface area contributed by atoms with Crippen molar-refractivity contribution in [2.45, 2.75) is 24.0 Å². The number of carbonyl (C=O) groups is 2. The van der Waals surface area contributed by atoms with E-state index >= 15 is 0 Å².